The standard InChI is InChI=1S/C16H12Cl2N4O/c1-23-10-5-6-11(17)13(8-10)20-15-9-14(18)21-16(22-15)12-4-2-3-7-19-12/h2-9H,1H3,(H,20,21,22). The lowest BCUT2D eigenvalue weighted by Gasteiger charge is -2.10. The number of halogens is 2. The topological polar surface area (TPSA) is 59.9 Å². The van der Waals surface area contributed by atoms with Crippen molar-refractivity contribution in [1.29, 1.82) is 0 Å². The van der Waals surface area contributed by atoms with E-state index in [-0.39, 0.29) is 0 Å². The highest BCUT2D eigenvalue weighted by molar-refractivity contribution is 6.33. The van der Waals surface area contributed by atoms with Gasteiger partial charge in [0.05, 0.1) is 17.8 Å². The van der Waals surface area contributed by atoms with Gasteiger partial charge in [-0.15, -0.1) is 0 Å². The van der Waals surface area contributed by atoms with Gasteiger partial charge in [0.2, 0.25) is 0 Å². The summed E-state index contributed by atoms with van der Waals surface area (Å²) in [5, 5.41) is 3.97. The fourth-order valence-corrected chi connectivity index (χ4v) is 2.30. The number of benzene rings is 1. The second-order valence-corrected chi connectivity index (χ2v) is 5.38. The van der Waals surface area contributed by atoms with Crippen LogP contribution in [0.25, 0.3) is 11.5 Å². The average molecular weight is 347 g/mol. The molecule has 0 bridgehead atoms. The zero-order valence-corrected chi connectivity index (χ0v) is 13.6. The van der Waals surface area contributed by atoms with Crippen LogP contribution < -0.4 is 10.1 Å². The third-order valence-corrected chi connectivity index (χ3v) is 3.55. The first-order valence-corrected chi connectivity index (χ1v) is 7.48. The van der Waals surface area contributed by atoms with E-state index in [9.17, 15) is 0 Å². The minimum atomic E-state index is 0.308. The average Bonchev–Trinajstić information content (AvgIpc) is 2.57. The van der Waals surface area contributed by atoms with Crippen LogP contribution in [0, 0.1) is 0 Å². The van der Waals surface area contributed by atoms with Crippen molar-refractivity contribution in [3.8, 4) is 17.3 Å². The molecule has 2 heterocycles. The second-order valence-electron chi connectivity index (χ2n) is 4.59. The van der Waals surface area contributed by atoms with E-state index in [0.717, 1.165) is 0 Å². The third kappa shape index (κ3) is 3.70. The van der Waals surface area contributed by atoms with Gasteiger partial charge < -0.3 is 10.1 Å². The molecule has 0 aliphatic rings. The van der Waals surface area contributed by atoms with Gasteiger partial charge in [-0.1, -0.05) is 29.3 Å². The minimum Gasteiger partial charge on any atom is -0.497 e. The van der Waals surface area contributed by atoms with Crippen LogP contribution in [0.4, 0.5) is 11.5 Å². The van der Waals surface area contributed by atoms with Crippen LogP contribution in [0.1, 0.15) is 0 Å². The maximum Gasteiger partial charge on any atom is 0.181 e. The van der Waals surface area contributed by atoms with Crippen molar-refractivity contribution >= 4 is 34.7 Å². The number of nitrogens with one attached hydrogen (secondary N) is 1. The lowest BCUT2D eigenvalue weighted by molar-refractivity contribution is 0.415. The minimum absolute atomic E-state index is 0.308. The van der Waals surface area contributed by atoms with Gasteiger partial charge in [-0.05, 0) is 24.3 Å². The summed E-state index contributed by atoms with van der Waals surface area (Å²) < 4.78 is 5.20. The Labute approximate surface area is 143 Å². The first-order valence-electron chi connectivity index (χ1n) is 6.72. The van der Waals surface area contributed by atoms with E-state index in [1.807, 2.05) is 18.2 Å². The van der Waals surface area contributed by atoms with Crippen LogP contribution in [0.2, 0.25) is 10.2 Å². The van der Waals surface area contributed by atoms with E-state index in [1.54, 1.807) is 37.6 Å². The van der Waals surface area contributed by atoms with E-state index in [2.05, 4.69) is 20.3 Å². The Kier molecular flexibility index (Phi) is 4.60. The molecule has 0 fully saturated rings. The highest BCUT2D eigenvalue weighted by Crippen LogP contribution is 2.30. The number of methoxy groups -OCH3 is 1. The number of nitrogens with zero attached hydrogens (tertiary/aromatic N) is 3. The smallest absolute Gasteiger partial charge is 0.181 e. The van der Waals surface area contributed by atoms with Gasteiger partial charge in [-0.2, -0.15) is 0 Å². The number of ether oxygens (including phenoxy) is 1. The van der Waals surface area contributed by atoms with Crippen LogP contribution >= 0.6 is 23.2 Å². The number of anilines is 2. The number of pyridine rings is 1. The Morgan fingerprint density at radius 3 is 2.65 bits per heavy atom. The molecule has 0 aliphatic heterocycles. The molecule has 0 aliphatic carbocycles. The van der Waals surface area contributed by atoms with Gasteiger partial charge in [0, 0.05) is 18.3 Å². The summed E-state index contributed by atoms with van der Waals surface area (Å²) in [4.78, 5) is 12.8. The molecule has 116 valence electrons. The maximum absolute atomic E-state index is 6.19. The highest BCUT2D eigenvalue weighted by atomic mass is 35.5. The molecule has 7 heteroatoms. The molecule has 2 aromatic heterocycles. The first kappa shape index (κ1) is 15.5. The van der Waals surface area contributed by atoms with E-state index >= 15 is 0 Å². The predicted octanol–water partition coefficient (Wildman–Crippen LogP) is 4.60. The summed E-state index contributed by atoms with van der Waals surface area (Å²) in [7, 11) is 1.59. The van der Waals surface area contributed by atoms with Crippen molar-refractivity contribution in [3.05, 3.63) is 58.8 Å². The van der Waals surface area contributed by atoms with Crippen molar-refractivity contribution in [1.82, 2.24) is 15.0 Å². The van der Waals surface area contributed by atoms with Crippen molar-refractivity contribution < 1.29 is 4.74 Å². The lowest BCUT2D eigenvalue weighted by Crippen LogP contribution is -1.99. The third-order valence-electron chi connectivity index (χ3n) is 3.03. The van der Waals surface area contributed by atoms with Crippen molar-refractivity contribution in [2.24, 2.45) is 0 Å². The molecule has 5 nitrogen and oxygen atoms in total. The number of hydrogen-bond donors (Lipinski definition) is 1. The predicted molar refractivity (Wildman–Crippen MR) is 91.6 cm³/mol. The number of aromatic nitrogens is 3. The van der Waals surface area contributed by atoms with E-state index < -0.39 is 0 Å². The van der Waals surface area contributed by atoms with Crippen molar-refractivity contribution in [2.75, 3.05) is 12.4 Å². The van der Waals surface area contributed by atoms with Crippen molar-refractivity contribution in [2.45, 2.75) is 0 Å². The Morgan fingerprint density at radius 1 is 1.04 bits per heavy atom. The number of rotatable bonds is 4. The molecule has 1 aromatic carbocycles. The summed E-state index contributed by atoms with van der Waals surface area (Å²) in [6.07, 6.45) is 1.67. The van der Waals surface area contributed by atoms with E-state index in [1.165, 1.54) is 0 Å². The Morgan fingerprint density at radius 2 is 1.91 bits per heavy atom. The number of hydrogen-bond acceptors (Lipinski definition) is 5. The van der Waals surface area contributed by atoms with Gasteiger partial charge in [-0.3, -0.25) is 4.98 Å². The molecule has 0 atom stereocenters. The quantitative estimate of drug-likeness (QED) is 0.699. The zero-order chi connectivity index (χ0) is 16.2. The molecule has 1 N–H and O–H groups in total. The van der Waals surface area contributed by atoms with Crippen LogP contribution in [-0.4, -0.2) is 22.1 Å². The summed E-state index contributed by atoms with van der Waals surface area (Å²) in [6.45, 7) is 0. The SMILES string of the molecule is COc1ccc(Cl)c(Nc2cc(Cl)nc(-c3ccccn3)n2)c1. The zero-order valence-electron chi connectivity index (χ0n) is 12.1. The normalized spacial score (nSPS) is 10.4. The second kappa shape index (κ2) is 6.81. The van der Waals surface area contributed by atoms with Crippen LogP contribution in [0.15, 0.2) is 48.7 Å². The molecular formula is C16H12Cl2N4O. The summed E-state index contributed by atoms with van der Waals surface area (Å²) >= 11 is 12.3. The molecule has 3 aromatic rings. The molecule has 0 spiro atoms. The van der Waals surface area contributed by atoms with Gasteiger partial charge in [0.1, 0.15) is 22.4 Å². The molecule has 0 amide bonds. The molecular weight excluding hydrogens is 335 g/mol. The first-order chi connectivity index (χ1) is 11.2. The summed E-state index contributed by atoms with van der Waals surface area (Å²) in [5.74, 6) is 1.63. The Balaban J connectivity index is 1.96. The summed E-state index contributed by atoms with van der Waals surface area (Å²) in [6, 6.07) is 12.4. The maximum atomic E-state index is 6.19. The largest absolute Gasteiger partial charge is 0.497 e. The molecule has 0 saturated heterocycles. The van der Waals surface area contributed by atoms with Gasteiger partial charge in [-0.25, -0.2) is 9.97 Å². The van der Waals surface area contributed by atoms with Crippen LogP contribution in [-0.2, 0) is 0 Å². The fourth-order valence-electron chi connectivity index (χ4n) is 1.96. The van der Waals surface area contributed by atoms with E-state index in [4.69, 9.17) is 27.9 Å². The molecule has 3 rings (SSSR count). The molecule has 0 saturated carbocycles. The Bertz CT molecular complexity index is 828. The monoisotopic (exact) mass is 346 g/mol. The van der Waals surface area contributed by atoms with Crippen LogP contribution in [0.5, 0.6) is 5.75 Å². The molecule has 0 unspecified atom stereocenters. The Hall–Kier alpha value is -2.37. The highest BCUT2D eigenvalue weighted by Gasteiger charge is 2.09. The molecule has 0 radical (unpaired) electrons. The fraction of sp³-hybridized carbons (Fsp3) is 0.0625. The summed E-state index contributed by atoms with van der Waals surface area (Å²) in [5.41, 5.74) is 1.29. The van der Waals surface area contributed by atoms with Gasteiger partial charge >= 0.3 is 0 Å². The van der Waals surface area contributed by atoms with Crippen molar-refractivity contribution in [3.63, 3.8) is 0 Å². The molecule has 23 heavy (non-hydrogen) atoms. The lowest BCUT2D eigenvalue weighted by atomic mass is 10.3. The van der Waals surface area contributed by atoms with Gasteiger partial charge in [0.25, 0.3) is 0 Å². The van der Waals surface area contributed by atoms with E-state index in [0.29, 0.717) is 38.9 Å². The van der Waals surface area contributed by atoms with Gasteiger partial charge in [0.15, 0.2) is 5.82 Å². The van der Waals surface area contributed by atoms with Crippen LogP contribution in [0.3, 0.4) is 0 Å².